The van der Waals surface area contributed by atoms with Crippen molar-refractivity contribution in [1.29, 1.82) is 0 Å². The Kier molecular flexibility index (Phi) is 0.631. The molecule has 0 amide bonds. The third-order valence-electron chi connectivity index (χ3n) is 0.819. The Bertz CT molecular complexity index is 389. The number of nitrogens with one attached hydrogen (secondary N) is 2. The summed E-state index contributed by atoms with van der Waals surface area (Å²) in [5.41, 5.74) is -2.01. The summed E-state index contributed by atoms with van der Waals surface area (Å²) in [7, 11) is 0. The monoisotopic (exact) mass is 129 g/mol. The SMILES string of the molecule is [2H]C([2H])([2H])c1c[nH]c(=O)[nH]c1=O. The molecule has 1 heterocycles. The number of aromatic nitrogens is 2. The van der Waals surface area contributed by atoms with Gasteiger partial charge in [-0.2, -0.15) is 0 Å². The van der Waals surface area contributed by atoms with Crippen molar-refractivity contribution in [2.45, 2.75) is 6.85 Å². The lowest BCUT2D eigenvalue weighted by Crippen LogP contribution is -2.22. The average molecular weight is 129 g/mol. The Morgan fingerprint density at radius 1 is 1.67 bits per heavy atom. The second-order valence-corrected chi connectivity index (χ2v) is 1.49. The minimum absolute atomic E-state index is 0.415. The fourth-order valence-electron chi connectivity index (χ4n) is 0.410. The van der Waals surface area contributed by atoms with E-state index < -0.39 is 23.7 Å². The number of aryl methyl sites for hydroxylation is 1. The van der Waals surface area contributed by atoms with Gasteiger partial charge in [-0.05, 0) is 6.85 Å². The molecule has 0 aromatic carbocycles. The molecular formula is C5H6N2O2. The average Bonchev–Trinajstić information content (AvgIpc) is 1.83. The summed E-state index contributed by atoms with van der Waals surface area (Å²) in [5.74, 6) is 0. The molecule has 4 nitrogen and oxygen atoms in total. The lowest BCUT2D eigenvalue weighted by atomic mass is 10.4. The Hall–Kier alpha value is -1.32. The molecule has 4 heteroatoms. The van der Waals surface area contributed by atoms with Crippen LogP contribution in [0.5, 0.6) is 0 Å². The van der Waals surface area contributed by atoms with E-state index in [1.165, 1.54) is 0 Å². The maximum atomic E-state index is 10.9. The van der Waals surface area contributed by atoms with Crippen LogP contribution in [0.1, 0.15) is 9.68 Å². The molecule has 1 aromatic heterocycles. The smallest absolute Gasteiger partial charge is 0.314 e. The fourth-order valence-corrected chi connectivity index (χ4v) is 0.410. The van der Waals surface area contributed by atoms with E-state index in [2.05, 4.69) is 4.98 Å². The summed E-state index contributed by atoms with van der Waals surface area (Å²) >= 11 is 0. The minimum Gasteiger partial charge on any atom is -0.314 e. The van der Waals surface area contributed by atoms with Gasteiger partial charge in [-0.1, -0.05) is 0 Å². The molecule has 9 heavy (non-hydrogen) atoms. The first kappa shape index (κ1) is 3.00. The molecule has 0 aliphatic rings. The molecule has 0 unspecified atom stereocenters. The maximum Gasteiger partial charge on any atom is 0.325 e. The second-order valence-electron chi connectivity index (χ2n) is 1.49. The fraction of sp³-hybridized carbons (Fsp3) is 0.200. The van der Waals surface area contributed by atoms with Crippen LogP contribution in [-0.2, 0) is 0 Å². The van der Waals surface area contributed by atoms with Crippen LogP contribution in [0.25, 0.3) is 0 Å². The summed E-state index contributed by atoms with van der Waals surface area (Å²) < 4.78 is 20.6. The van der Waals surface area contributed by atoms with E-state index >= 15 is 0 Å². The van der Waals surface area contributed by atoms with Gasteiger partial charge in [0.2, 0.25) is 0 Å². The zero-order valence-corrected chi connectivity index (χ0v) is 4.39. The molecule has 48 valence electrons. The van der Waals surface area contributed by atoms with Gasteiger partial charge in [0.1, 0.15) is 0 Å². The van der Waals surface area contributed by atoms with Gasteiger partial charge in [-0.25, -0.2) is 4.79 Å². The molecule has 0 aliphatic carbocycles. The number of rotatable bonds is 0. The molecule has 0 aliphatic heterocycles. The highest BCUT2D eigenvalue weighted by molar-refractivity contribution is 4.98. The lowest BCUT2D eigenvalue weighted by Gasteiger charge is -1.84. The van der Waals surface area contributed by atoms with Crippen LogP contribution >= 0.6 is 0 Å². The van der Waals surface area contributed by atoms with Gasteiger partial charge in [0.05, 0.1) is 0 Å². The molecular weight excluding hydrogens is 120 g/mol. The van der Waals surface area contributed by atoms with Gasteiger partial charge in [0.25, 0.3) is 5.56 Å². The third-order valence-corrected chi connectivity index (χ3v) is 0.819. The Balaban J connectivity index is 3.39. The standard InChI is InChI=1S/C5H6N2O2/c1-3-2-6-5(9)7-4(3)8/h2H,1H3,(H2,6,7,8,9)/i1D3. The zero-order valence-electron chi connectivity index (χ0n) is 7.39. The Morgan fingerprint density at radius 2 is 2.44 bits per heavy atom. The normalized spacial score (nSPS) is 15.8. The van der Waals surface area contributed by atoms with E-state index in [9.17, 15) is 9.59 Å². The maximum absolute atomic E-state index is 10.9. The van der Waals surface area contributed by atoms with E-state index in [1.54, 1.807) is 0 Å². The van der Waals surface area contributed by atoms with Crippen molar-refractivity contribution in [3.05, 3.63) is 32.6 Å². The van der Waals surface area contributed by atoms with Crippen LogP contribution in [-0.4, -0.2) is 9.97 Å². The van der Waals surface area contributed by atoms with Crippen molar-refractivity contribution in [1.82, 2.24) is 9.97 Å². The third kappa shape index (κ3) is 1.07. The van der Waals surface area contributed by atoms with Crippen LogP contribution in [0.2, 0.25) is 0 Å². The first-order valence-corrected chi connectivity index (χ1v) is 2.24. The molecule has 0 saturated carbocycles. The predicted molar refractivity (Wildman–Crippen MR) is 32.4 cm³/mol. The summed E-state index contributed by atoms with van der Waals surface area (Å²) in [5, 5.41) is 0. The van der Waals surface area contributed by atoms with E-state index in [-0.39, 0.29) is 0 Å². The number of H-pyrrole nitrogens is 2. The highest BCUT2D eigenvalue weighted by Gasteiger charge is 1.88. The van der Waals surface area contributed by atoms with E-state index in [4.69, 9.17) is 4.11 Å². The van der Waals surface area contributed by atoms with Crippen LogP contribution in [0.4, 0.5) is 0 Å². The van der Waals surface area contributed by atoms with Crippen molar-refractivity contribution in [2.75, 3.05) is 0 Å². The second kappa shape index (κ2) is 1.89. The van der Waals surface area contributed by atoms with Crippen LogP contribution < -0.4 is 11.2 Å². The van der Waals surface area contributed by atoms with Gasteiger partial charge < -0.3 is 4.98 Å². The number of aromatic amines is 2. The molecule has 0 atom stereocenters. The Morgan fingerprint density at radius 3 is 3.00 bits per heavy atom. The van der Waals surface area contributed by atoms with Crippen molar-refractivity contribution >= 4 is 0 Å². The summed E-state index contributed by atoms with van der Waals surface area (Å²) in [4.78, 5) is 25.2. The molecule has 2 N–H and O–H groups in total. The molecule has 1 rings (SSSR count). The van der Waals surface area contributed by atoms with Gasteiger partial charge >= 0.3 is 5.69 Å². The van der Waals surface area contributed by atoms with Gasteiger partial charge in [-0.15, -0.1) is 0 Å². The summed E-state index contributed by atoms with van der Waals surface area (Å²) in [6.07, 6.45) is 0.897. The van der Waals surface area contributed by atoms with Crippen molar-refractivity contribution in [3.8, 4) is 0 Å². The highest BCUT2D eigenvalue weighted by atomic mass is 16.2. The summed E-state index contributed by atoms with van der Waals surface area (Å²) in [6, 6.07) is 0. The molecule has 0 fully saturated rings. The minimum atomic E-state index is -2.49. The van der Waals surface area contributed by atoms with E-state index in [0.717, 1.165) is 6.20 Å². The number of hydrogen-bond acceptors (Lipinski definition) is 2. The van der Waals surface area contributed by atoms with Gasteiger partial charge in [0, 0.05) is 15.9 Å². The zero-order chi connectivity index (χ0) is 9.35. The quantitative estimate of drug-likeness (QED) is 0.490. The van der Waals surface area contributed by atoms with E-state index in [0.29, 0.717) is 0 Å². The van der Waals surface area contributed by atoms with E-state index in [1.807, 2.05) is 4.98 Å². The van der Waals surface area contributed by atoms with Crippen LogP contribution in [0.15, 0.2) is 15.8 Å². The topological polar surface area (TPSA) is 65.7 Å². The first-order chi connectivity index (χ1) is 5.41. The largest absolute Gasteiger partial charge is 0.325 e. The van der Waals surface area contributed by atoms with Crippen LogP contribution in [0, 0.1) is 6.85 Å². The van der Waals surface area contributed by atoms with Crippen molar-refractivity contribution < 1.29 is 4.11 Å². The first-order valence-electron chi connectivity index (χ1n) is 3.74. The lowest BCUT2D eigenvalue weighted by molar-refractivity contribution is 1.01. The highest BCUT2D eigenvalue weighted by Crippen LogP contribution is 1.73. The van der Waals surface area contributed by atoms with Gasteiger partial charge in [0.15, 0.2) is 0 Å². The van der Waals surface area contributed by atoms with Crippen molar-refractivity contribution in [3.63, 3.8) is 0 Å². The van der Waals surface area contributed by atoms with Crippen molar-refractivity contribution in [2.24, 2.45) is 0 Å². The van der Waals surface area contributed by atoms with Gasteiger partial charge in [-0.3, -0.25) is 9.78 Å². The predicted octanol–water partition coefficient (Wildman–Crippen LogP) is -0.628. The molecule has 0 saturated heterocycles. The molecule has 1 aromatic rings. The molecule has 0 spiro atoms. The Labute approximate surface area is 54.8 Å². The summed E-state index contributed by atoms with van der Waals surface area (Å²) in [6.45, 7) is -2.49. The molecule has 0 bridgehead atoms. The van der Waals surface area contributed by atoms with Crippen LogP contribution in [0.3, 0.4) is 0 Å². The molecule has 0 radical (unpaired) electrons. The number of hydrogen-bond donors (Lipinski definition) is 2.